The van der Waals surface area contributed by atoms with Crippen molar-refractivity contribution in [3.63, 3.8) is 0 Å². The fourth-order valence-electron chi connectivity index (χ4n) is 3.12. The maximum Gasteiger partial charge on any atom is 0.341 e. The molecule has 4 aromatic rings. The van der Waals surface area contributed by atoms with Gasteiger partial charge in [0, 0.05) is 10.9 Å². The number of hydrogen-bond acceptors (Lipinski definition) is 5. The van der Waals surface area contributed by atoms with Gasteiger partial charge in [0.15, 0.2) is 0 Å². The number of esters is 1. The van der Waals surface area contributed by atoms with E-state index in [2.05, 4.69) is 21.2 Å². The topological polar surface area (TPSA) is 55.4 Å². The summed E-state index contributed by atoms with van der Waals surface area (Å²) in [5, 5.41) is 7.39. The lowest BCUT2D eigenvalue weighted by Gasteiger charge is -2.10. The zero-order valence-corrected chi connectivity index (χ0v) is 18.6. The minimum Gasteiger partial charge on any atom is -0.462 e. The van der Waals surface area contributed by atoms with Crippen molar-refractivity contribution >= 4 is 66.3 Å². The second-order valence-corrected chi connectivity index (χ2v) is 9.50. The van der Waals surface area contributed by atoms with E-state index in [1.165, 1.54) is 22.7 Å². The number of carbonyl (C=O) groups is 2. The second-order valence-electron chi connectivity index (χ2n) is 6.16. The second kappa shape index (κ2) is 8.49. The highest BCUT2D eigenvalue weighted by molar-refractivity contribution is 9.11. The van der Waals surface area contributed by atoms with E-state index < -0.39 is 5.97 Å². The fourth-order valence-corrected chi connectivity index (χ4v) is 5.34. The van der Waals surface area contributed by atoms with Crippen molar-refractivity contribution in [3.05, 3.63) is 74.2 Å². The average molecular weight is 486 g/mol. The summed E-state index contributed by atoms with van der Waals surface area (Å²) in [6.45, 7) is 2.03. The number of halogens is 1. The molecule has 2 aromatic heterocycles. The number of hydrogen-bond donors (Lipinski definition) is 1. The maximum atomic E-state index is 12.8. The average Bonchev–Trinajstić information content (AvgIpc) is 3.34. The van der Waals surface area contributed by atoms with Crippen molar-refractivity contribution in [1.82, 2.24) is 0 Å². The maximum absolute atomic E-state index is 12.8. The molecule has 29 heavy (non-hydrogen) atoms. The highest BCUT2D eigenvalue weighted by Gasteiger charge is 2.24. The van der Waals surface area contributed by atoms with Crippen LogP contribution in [0.3, 0.4) is 0 Å². The number of rotatable bonds is 5. The molecule has 2 aromatic carbocycles. The third-order valence-electron chi connectivity index (χ3n) is 4.37. The first-order valence-corrected chi connectivity index (χ1v) is 11.4. The molecule has 2 heterocycles. The van der Waals surface area contributed by atoms with Gasteiger partial charge in [0.25, 0.3) is 5.91 Å². The summed E-state index contributed by atoms with van der Waals surface area (Å²) in [7, 11) is 0. The molecule has 0 radical (unpaired) electrons. The van der Waals surface area contributed by atoms with Gasteiger partial charge in [0.1, 0.15) is 10.6 Å². The molecule has 0 spiro atoms. The van der Waals surface area contributed by atoms with Crippen LogP contribution in [0.1, 0.15) is 27.0 Å². The molecule has 146 valence electrons. The molecule has 0 aliphatic carbocycles. The number of nitrogens with one attached hydrogen (secondary N) is 1. The van der Waals surface area contributed by atoms with E-state index in [1.807, 2.05) is 53.9 Å². The molecule has 0 atom stereocenters. The van der Waals surface area contributed by atoms with Gasteiger partial charge in [0.05, 0.1) is 15.3 Å². The molecule has 0 aliphatic rings. The van der Waals surface area contributed by atoms with Gasteiger partial charge in [-0.2, -0.15) is 0 Å². The highest BCUT2D eigenvalue weighted by atomic mass is 79.9. The van der Waals surface area contributed by atoms with Crippen LogP contribution in [-0.2, 0) is 4.74 Å². The van der Waals surface area contributed by atoms with Gasteiger partial charge in [-0.15, -0.1) is 22.7 Å². The van der Waals surface area contributed by atoms with Crippen molar-refractivity contribution < 1.29 is 14.3 Å². The lowest BCUT2D eigenvalue weighted by atomic mass is 9.97. The van der Waals surface area contributed by atoms with E-state index in [4.69, 9.17) is 4.74 Å². The van der Waals surface area contributed by atoms with E-state index in [9.17, 15) is 9.59 Å². The number of fused-ring (bicyclic) bond motifs is 1. The van der Waals surface area contributed by atoms with E-state index in [0.29, 0.717) is 15.4 Å². The standard InChI is InChI=1S/C22H16BrNO3S2/c1-2-27-22(26)19-16(15-9-5-7-13-6-3-4-8-14(13)15)12-28-21(19)24-20(25)17-10-11-18(23)29-17/h3-12H,2H2,1H3,(H,24,25). The first-order valence-electron chi connectivity index (χ1n) is 8.92. The van der Waals surface area contributed by atoms with Crippen LogP contribution >= 0.6 is 38.6 Å². The van der Waals surface area contributed by atoms with Crippen LogP contribution in [0.25, 0.3) is 21.9 Å². The van der Waals surface area contributed by atoms with Gasteiger partial charge in [-0.25, -0.2) is 4.79 Å². The van der Waals surface area contributed by atoms with Gasteiger partial charge in [-0.1, -0.05) is 42.5 Å². The molecule has 0 saturated heterocycles. The van der Waals surface area contributed by atoms with Crippen molar-refractivity contribution in [2.75, 3.05) is 11.9 Å². The predicted molar refractivity (Wildman–Crippen MR) is 123 cm³/mol. The van der Waals surface area contributed by atoms with E-state index >= 15 is 0 Å². The molecular weight excluding hydrogens is 470 g/mol. The molecule has 1 N–H and O–H groups in total. The molecule has 7 heteroatoms. The minimum absolute atomic E-state index is 0.252. The summed E-state index contributed by atoms with van der Waals surface area (Å²) < 4.78 is 6.18. The Bertz CT molecular complexity index is 1210. The smallest absolute Gasteiger partial charge is 0.341 e. The fraction of sp³-hybridized carbons (Fsp3) is 0.0909. The molecule has 0 unspecified atom stereocenters. The lowest BCUT2D eigenvalue weighted by Crippen LogP contribution is -2.13. The summed E-state index contributed by atoms with van der Waals surface area (Å²) in [5.41, 5.74) is 2.08. The Labute approximate surface area is 184 Å². The Morgan fingerprint density at radius 3 is 2.59 bits per heavy atom. The summed E-state index contributed by atoms with van der Waals surface area (Å²) in [6.07, 6.45) is 0. The Hall–Kier alpha value is -2.48. The molecule has 4 nitrogen and oxygen atoms in total. The Balaban J connectivity index is 1.80. The Kier molecular flexibility index (Phi) is 5.80. The zero-order chi connectivity index (χ0) is 20.4. The van der Waals surface area contributed by atoms with Crippen LogP contribution < -0.4 is 5.32 Å². The van der Waals surface area contributed by atoms with Gasteiger partial charge in [0.2, 0.25) is 0 Å². The molecule has 0 aliphatic heterocycles. The summed E-state index contributed by atoms with van der Waals surface area (Å²) >= 11 is 6.03. The number of benzene rings is 2. The summed E-state index contributed by atoms with van der Waals surface area (Å²) in [5.74, 6) is -0.697. The quantitative estimate of drug-likeness (QED) is 0.315. The first kappa shape index (κ1) is 19.8. The monoisotopic (exact) mass is 485 g/mol. The predicted octanol–water partition coefficient (Wildman–Crippen LogP) is 6.82. The molecule has 1 amide bonds. The Morgan fingerprint density at radius 2 is 1.83 bits per heavy atom. The van der Waals surface area contributed by atoms with Crippen LogP contribution in [0.2, 0.25) is 0 Å². The molecule has 4 rings (SSSR count). The molecule has 0 fully saturated rings. The summed E-state index contributed by atoms with van der Waals surface area (Å²) in [4.78, 5) is 26.0. The normalized spacial score (nSPS) is 10.8. The van der Waals surface area contributed by atoms with Crippen molar-refractivity contribution in [3.8, 4) is 11.1 Å². The molecule has 0 bridgehead atoms. The number of carbonyl (C=O) groups excluding carboxylic acids is 2. The van der Waals surface area contributed by atoms with E-state index in [0.717, 1.165) is 25.7 Å². The third kappa shape index (κ3) is 3.99. The van der Waals surface area contributed by atoms with Crippen LogP contribution in [0.5, 0.6) is 0 Å². The number of anilines is 1. The number of ether oxygens (including phenoxy) is 1. The van der Waals surface area contributed by atoms with E-state index in [1.54, 1.807) is 13.0 Å². The molecular formula is C22H16BrNO3S2. The van der Waals surface area contributed by atoms with Crippen LogP contribution in [0.4, 0.5) is 5.00 Å². The van der Waals surface area contributed by atoms with Gasteiger partial charge < -0.3 is 10.1 Å². The SMILES string of the molecule is CCOC(=O)c1c(-c2cccc3ccccc23)csc1NC(=O)c1ccc(Br)s1. The van der Waals surface area contributed by atoms with Crippen molar-refractivity contribution in [2.45, 2.75) is 6.92 Å². The van der Waals surface area contributed by atoms with E-state index in [-0.39, 0.29) is 12.5 Å². The van der Waals surface area contributed by atoms with Crippen molar-refractivity contribution in [2.24, 2.45) is 0 Å². The van der Waals surface area contributed by atoms with Gasteiger partial charge in [-0.05, 0) is 51.3 Å². The minimum atomic E-state index is -0.445. The van der Waals surface area contributed by atoms with Gasteiger partial charge in [-0.3, -0.25) is 4.79 Å². The van der Waals surface area contributed by atoms with Crippen LogP contribution in [0, 0.1) is 0 Å². The lowest BCUT2D eigenvalue weighted by molar-refractivity contribution is 0.0529. The summed E-state index contributed by atoms with van der Waals surface area (Å²) in [6, 6.07) is 17.6. The van der Waals surface area contributed by atoms with Crippen LogP contribution in [0.15, 0.2) is 63.8 Å². The number of amides is 1. The van der Waals surface area contributed by atoms with Crippen molar-refractivity contribution in [1.29, 1.82) is 0 Å². The third-order valence-corrected chi connectivity index (χ3v) is 6.89. The van der Waals surface area contributed by atoms with Gasteiger partial charge >= 0.3 is 5.97 Å². The number of thiophene rings is 2. The largest absolute Gasteiger partial charge is 0.462 e. The zero-order valence-electron chi connectivity index (χ0n) is 15.4. The Morgan fingerprint density at radius 1 is 1.03 bits per heavy atom. The van der Waals surface area contributed by atoms with Crippen LogP contribution in [-0.4, -0.2) is 18.5 Å². The molecule has 0 saturated carbocycles. The first-order chi connectivity index (χ1) is 14.1. The highest BCUT2D eigenvalue weighted by Crippen LogP contribution is 2.39.